The number of nitrogens with one attached hydrogen (secondary N) is 3. The van der Waals surface area contributed by atoms with E-state index in [-0.39, 0.29) is 16.4 Å². The van der Waals surface area contributed by atoms with Gasteiger partial charge in [-0.05, 0) is 55.3 Å². The third-order valence-corrected chi connectivity index (χ3v) is 7.48. The largest absolute Gasteiger partial charge is 0.506 e. The summed E-state index contributed by atoms with van der Waals surface area (Å²) in [5, 5.41) is 41.5. The SMILES string of the molecule is COc1ccc(CCNC[C@H](O)c2ccc(O)c3[nH]c(=O)sc23)cc1CNCCc1ccccc1F.O=C(O)C(F)(F)F.O=C(O)C(F)(F)F. The van der Waals surface area contributed by atoms with Gasteiger partial charge in [-0.2, -0.15) is 26.3 Å². The Balaban J connectivity index is 0.000000521. The Labute approximate surface area is 283 Å². The number of carbonyl (C=O) groups is 2. The summed E-state index contributed by atoms with van der Waals surface area (Å²) in [4.78, 5) is 31.8. The third kappa shape index (κ3) is 13.3. The number of carboxylic acid groups (broad SMARTS) is 2. The molecule has 19 heteroatoms. The van der Waals surface area contributed by atoms with Crippen LogP contribution < -0.4 is 20.2 Å². The number of halogens is 7. The number of methoxy groups -OCH3 is 1. The predicted molar refractivity (Wildman–Crippen MR) is 168 cm³/mol. The lowest BCUT2D eigenvalue weighted by molar-refractivity contribution is -0.193. The minimum absolute atomic E-state index is 0.00992. The molecule has 1 aromatic heterocycles. The number of aliphatic hydroxyl groups is 1. The summed E-state index contributed by atoms with van der Waals surface area (Å²) in [6, 6.07) is 16.0. The number of alkyl halides is 6. The number of aromatic hydroxyl groups is 1. The number of thiazole rings is 1. The molecule has 7 N–H and O–H groups in total. The number of phenolic OH excluding ortho intramolecular Hbond substituents is 1. The molecule has 0 amide bonds. The van der Waals surface area contributed by atoms with Crippen molar-refractivity contribution in [3.05, 3.63) is 92.3 Å². The number of H-pyrrole nitrogens is 1. The molecule has 0 aliphatic rings. The van der Waals surface area contributed by atoms with Crippen molar-refractivity contribution in [3.8, 4) is 11.5 Å². The van der Waals surface area contributed by atoms with E-state index in [2.05, 4.69) is 21.7 Å². The topological polar surface area (TPSA) is 181 Å². The van der Waals surface area contributed by atoms with Crippen molar-refractivity contribution in [2.75, 3.05) is 26.7 Å². The number of ether oxygens (including phenoxy) is 1. The Morgan fingerprint density at radius 3 is 2.08 bits per heavy atom. The van der Waals surface area contributed by atoms with E-state index in [4.69, 9.17) is 24.5 Å². The first-order valence-corrected chi connectivity index (χ1v) is 15.1. The van der Waals surface area contributed by atoms with Crippen molar-refractivity contribution in [3.63, 3.8) is 0 Å². The molecule has 0 aliphatic heterocycles. The van der Waals surface area contributed by atoms with Crippen molar-refractivity contribution in [2.45, 2.75) is 37.8 Å². The van der Waals surface area contributed by atoms with Crippen LogP contribution in [0.5, 0.6) is 11.5 Å². The molecule has 0 saturated carbocycles. The first-order chi connectivity index (χ1) is 23.3. The van der Waals surface area contributed by atoms with Crippen LogP contribution in [0.4, 0.5) is 30.7 Å². The van der Waals surface area contributed by atoms with Crippen molar-refractivity contribution in [1.29, 1.82) is 0 Å². The van der Waals surface area contributed by atoms with Crippen molar-refractivity contribution in [2.24, 2.45) is 0 Å². The van der Waals surface area contributed by atoms with E-state index in [9.17, 15) is 45.7 Å². The molecule has 0 aliphatic carbocycles. The molecular weight excluding hydrogens is 707 g/mol. The number of rotatable bonds is 12. The van der Waals surface area contributed by atoms with Crippen molar-refractivity contribution in [1.82, 2.24) is 15.6 Å². The summed E-state index contributed by atoms with van der Waals surface area (Å²) in [5.74, 6) is -4.91. The van der Waals surface area contributed by atoms with E-state index in [1.54, 1.807) is 25.3 Å². The number of aromatic nitrogens is 1. The van der Waals surface area contributed by atoms with Crippen LogP contribution in [0.3, 0.4) is 0 Å². The maximum atomic E-state index is 13.8. The van der Waals surface area contributed by atoms with Crippen LogP contribution >= 0.6 is 11.3 Å². The van der Waals surface area contributed by atoms with Gasteiger partial charge < -0.3 is 40.8 Å². The number of fused-ring (bicyclic) bond motifs is 1. The van der Waals surface area contributed by atoms with E-state index in [0.717, 1.165) is 34.6 Å². The zero-order valence-corrected chi connectivity index (χ0v) is 26.8. The molecular formula is C31H32F7N3O8S. The summed E-state index contributed by atoms with van der Waals surface area (Å²) >= 11 is 0.974. The lowest BCUT2D eigenvalue weighted by Crippen LogP contribution is -2.24. The third-order valence-electron chi connectivity index (χ3n) is 6.55. The second-order valence-corrected chi connectivity index (χ2v) is 11.1. The molecule has 11 nitrogen and oxygen atoms in total. The Hall–Kier alpha value is -4.72. The fourth-order valence-electron chi connectivity index (χ4n) is 4.16. The highest BCUT2D eigenvalue weighted by molar-refractivity contribution is 7.16. The normalized spacial score (nSPS) is 11.9. The van der Waals surface area contributed by atoms with Gasteiger partial charge in [0, 0.05) is 24.2 Å². The molecule has 0 unspecified atom stereocenters. The van der Waals surface area contributed by atoms with Crippen molar-refractivity contribution < 1.29 is 65.5 Å². The maximum absolute atomic E-state index is 13.8. The maximum Gasteiger partial charge on any atom is 0.490 e. The highest BCUT2D eigenvalue weighted by Gasteiger charge is 2.38. The summed E-state index contributed by atoms with van der Waals surface area (Å²) in [7, 11) is 1.64. The highest BCUT2D eigenvalue weighted by Crippen LogP contribution is 2.31. The summed E-state index contributed by atoms with van der Waals surface area (Å²) in [5.41, 5.74) is 3.80. The number of aromatic amines is 1. The Bertz CT molecular complexity index is 1750. The lowest BCUT2D eigenvalue weighted by atomic mass is 10.1. The van der Waals surface area contributed by atoms with E-state index in [1.807, 2.05) is 18.2 Å². The summed E-state index contributed by atoms with van der Waals surface area (Å²) in [6.07, 6.45) is -9.63. The zero-order chi connectivity index (χ0) is 37.6. The molecule has 4 rings (SSSR count). The van der Waals surface area contributed by atoms with E-state index >= 15 is 0 Å². The minimum Gasteiger partial charge on any atom is -0.506 e. The number of hydrogen-bond donors (Lipinski definition) is 7. The smallest absolute Gasteiger partial charge is 0.490 e. The number of phenols is 1. The number of aliphatic carboxylic acids is 2. The van der Waals surface area contributed by atoms with Gasteiger partial charge in [0.1, 0.15) is 22.8 Å². The van der Waals surface area contributed by atoms with Gasteiger partial charge in [0.15, 0.2) is 0 Å². The standard InChI is InChI=1S/C27H30FN3O4S.2C2HF3O2/c1-35-24-9-6-17(14-19(24)15-29-13-11-18-4-2-3-5-21(18)28)10-12-30-16-23(33)20-7-8-22(32)25-26(20)36-27(34)31-25;2*3-2(4,5)1(6)7/h2-9,14,23,29-30,32-33H,10-13,15-16H2,1H3,(H,31,34);2*(H,6,7)/t23-;;/m0../s1. The van der Waals surface area contributed by atoms with Gasteiger partial charge in [-0.15, -0.1) is 0 Å². The minimum atomic E-state index is -5.08. The van der Waals surface area contributed by atoms with E-state index in [0.29, 0.717) is 53.9 Å². The molecule has 50 heavy (non-hydrogen) atoms. The van der Waals surface area contributed by atoms with Crippen LogP contribution in [0, 0.1) is 5.82 Å². The van der Waals surface area contributed by atoms with E-state index < -0.39 is 30.4 Å². The molecule has 0 radical (unpaired) electrons. The molecule has 3 aromatic carbocycles. The average molecular weight is 740 g/mol. The van der Waals surface area contributed by atoms with Crippen LogP contribution in [-0.2, 0) is 29.0 Å². The Morgan fingerprint density at radius 1 is 0.900 bits per heavy atom. The number of carboxylic acids is 2. The van der Waals surface area contributed by atoms with Gasteiger partial charge in [0.25, 0.3) is 0 Å². The van der Waals surface area contributed by atoms with Gasteiger partial charge in [0.05, 0.1) is 17.9 Å². The number of benzene rings is 3. The van der Waals surface area contributed by atoms with Crippen LogP contribution in [-0.4, -0.2) is 76.4 Å². The quantitative estimate of drug-likeness (QED) is 0.0780. The number of aliphatic hydroxyl groups excluding tert-OH is 1. The van der Waals surface area contributed by atoms with Crippen LogP contribution in [0.1, 0.15) is 28.4 Å². The average Bonchev–Trinajstić information content (AvgIpc) is 3.44. The van der Waals surface area contributed by atoms with Crippen LogP contribution in [0.15, 0.2) is 59.4 Å². The summed E-state index contributed by atoms with van der Waals surface area (Å²) < 4.78 is 83.3. The second-order valence-electron chi connectivity index (χ2n) is 10.1. The predicted octanol–water partition coefficient (Wildman–Crippen LogP) is 4.91. The molecule has 4 aromatic rings. The monoisotopic (exact) mass is 739 g/mol. The Kier molecular flexibility index (Phi) is 15.7. The van der Waals surface area contributed by atoms with Crippen LogP contribution in [0.25, 0.3) is 10.2 Å². The molecule has 274 valence electrons. The zero-order valence-electron chi connectivity index (χ0n) is 26.0. The van der Waals surface area contributed by atoms with Gasteiger partial charge in [-0.25, -0.2) is 14.0 Å². The first-order valence-electron chi connectivity index (χ1n) is 14.3. The van der Waals surface area contributed by atoms with E-state index in [1.165, 1.54) is 12.1 Å². The molecule has 1 atom stereocenters. The van der Waals surface area contributed by atoms with Gasteiger partial charge >= 0.3 is 29.2 Å². The van der Waals surface area contributed by atoms with Gasteiger partial charge in [0.2, 0.25) is 0 Å². The van der Waals surface area contributed by atoms with Crippen LogP contribution in [0.2, 0.25) is 0 Å². The molecule has 1 heterocycles. The first kappa shape index (κ1) is 41.5. The second kappa shape index (κ2) is 18.9. The molecule has 0 spiro atoms. The van der Waals surface area contributed by atoms with Gasteiger partial charge in [-0.1, -0.05) is 47.7 Å². The fourth-order valence-corrected chi connectivity index (χ4v) is 5.07. The summed E-state index contributed by atoms with van der Waals surface area (Å²) in [6.45, 7) is 2.21. The Morgan fingerprint density at radius 2 is 1.50 bits per heavy atom. The fraction of sp³-hybridized carbons (Fsp3) is 0.323. The number of hydrogen-bond acceptors (Lipinski definition) is 9. The molecule has 0 fully saturated rings. The molecule has 0 bridgehead atoms. The van der Waals surface area contributed by atoms with Gasteiger partial charge in [-0.3, -0.25) is 4.79 Å². The lowest BCUT2D eigenvalue weighted by Gasteiger charge is -2.14. The highest BCUT2D eigenvalue weighted by atomic mass is 32.1. The molecule has 0 saturated heterocycles. The van der Waals surface area contributed by atoms with Crippen molar-refractivity contribution >= 4 is 33.5 Å².